The number of benzene rings is 1. The molecule has 4 nitrogen and oxygen atoms in total. The van der Waals surface area contributed by atoms with Crippen LogP contribution >= 0.6 is 11.6 Å². The van der Waals surface area contributed by atoms with Crippen molar-refractivity contribution in [1.82, 2.24) is 9.55 Å². The summed E-state index contributed by atoms with van der Waals surface area (Å²) in [5.74, 6) is 0.302. The van der Waals surface area contributed by atoms with Crippen LogP contribution in [0.2, 0.25) is 5.28 Å². The van der Waals surface area contributed by atoms with Crippen LogP contribution in [0.15, 0.2) is 18.2 Å². The monoisotopic (exact) mass is 334 g/mol. The van der Waals surface area contributed by atoms with Crippen LogP contribution in [0.25, 0.3) is 11.0 Å². The van der Waals surface area contributed by atoms with Gasteiger partial charge in [0.25, 0.3) is 0 Å². The van der Waals surface area contributed by atoms with Gasteiger partial charge in [-0.05, 0) is 60.4 Å². The van der Waals surface area contributed by atoms with E-state index in [1.807, 2.05) is 6.07 Å². The van der Waals surface area contributed by atoms with Crippen LogP contribution in [-0.2, 0) is 4.74 Å². The molecule has 1 saturated carbocycles. The predicted molar refractivity (Wildman–Crippen MR) is 91.9 cm³/mol. The molecule has 1 heterocycles. The number of carbonyl (C=O) groups is 1. The minimum atomic E-state index is -0.356. The van der Waals surface area contributed by atoms with Crippen molar-refractivity contribution in [2.75, 3.05) is 7.11 Å². The highest BCUT2D eigenvalue weighted by atomic mass is 35.5. The van der Waals surface area contributed by atoms with Gasteiger partial charge in [0.05, 0.1) is 23.7 Å². The average Bonchev–Trinajstić information content (AvgIpc) is 2.79. The van der Waals surface area contributed by atoms with Crippen LogP contribution in [0.4, 0.5) is 0 Å². The van der Waals surface area contributed by atoms with E-state index in [9.17, 15) is 4.79 Å². The Hall–Kier alpha value is -1.55. The molecule has 0 bridgehead atoms. The molecule has 1 aliphatic carbocycles. The molecule has 23 heavy (non-hydrogen) atoms. The van der Waals surface area contributed by atoms with Gasteiger partial charge in [0.2, 0.25) is 5.28 Å². The van der Waals surface area contributed by atoms with E-state index in [4.69, 9.17) is 16.3 Å². The molecular weight excluding hydrogens is 312 g/mol. The molecule has 2 atom stereocenters. The summed E-state index contributed by atoms with van der Waals surface area (Å²) in [5.41, 5.74) is 2.53. The lowest BCUT2D eigenvalue weighted by atomic mass is 9.70. The first-order valence-corrected chi connectivity index (χ1v) is 8.44. The van der Waals surface area contributed by atoms with E-state index in [0.717, 1.165) is 23.9 Å². The first kappa shape index (κ1) is 16.3. The number of hydrogen-bond acceptors (Lipinski definition) is 3. The predicted octanol–water partition coefficient (Wildman–Crippen LogP) is 4.86. The highest BCUT2D eigenvalue weighted by Crippen LogP contribution is 2.45. The van der Waals surface area contributed by atoms with Gasteiger partial charge in [0.1, 0.15) is 0 Å². The number of methoxy groups -OCH3 is 1. The lowest BCUT2D eigenvalue weighted by Crippen LogP contribution is -2.29. The van der Waals surface area contributed by atoms with Gasteiger partial charge in [0.15, 0.2) is 0 Å². The fraction of sp³-hybridized carbons (Fsp3) is 0.556. The number of esters is 1. The lowest BCUT2D eigenvalue weighted by Gasteiger charge is -2.39. The summed E-state index contributed by atoms with van der Waals surface area (Å²) in [5, 5.41) is 0.497. The second kappa shape index (κ2) is 5.82. The molecule has 1 aromatic carbocycles. The zero-order valence-corrected chi connectivity index (χ0v) is 14.9. The quantitative estimate of drug-likeness (QED) is 0.736. The molecule has 1 fully saturated rings. The largest absolute Gasteiger partial charge is 0.465 e. The number of imidazole rings is 1. The molecule has 2 aromatic rings. The molecule has 0 spiro atoms. The summed E-state index contributed by atoms with van der Waals surface area (Å²) in [4.78, 5) is 16.1. The summed E-state index contributed by atoms with van der Waals surface area (Å²) in [7, 11) is 1.38. The van der Waals surface area contributed by atoms with E-state index in [-0.39, 0.29) is 5.97 Å². The molecule has 3 rings (SSSR count). The van der Waals surface area contributed by atoms with Crippen molar-refractivity contribution in [3.63, 3.8) is 0 Å². The van der Waals surface area contributed by atoms with Crippen molar-refractivity contribution in [2.45, 2.75) is 46.1 Å². The number of nitrogens with zero attached hydrogens (tertiary/aromatic N) is 2. The molecule has 1 aliphatic rings. The fourth-order valence-electron chi connectivity index (χ4n) is 4.15. The van der Waals surface area contributed by atoms with Gasteiger partial charge >= 0.3 is 5.97 Å². The number of hydrogen-bond donors (Lipinski definition) is 0. The van der Waals surface area contributed by atoms with Crippen molar-refractivity contribution in [3.05, 3.63) is 29.0 Å². The molecule has 0 N–H and O–H groups in total. The lowest BCUT2D eigenvalue weighted by molar-refractivity contribution is 0.0601. The third kappa shape index (κ3) is 3.09. The van der Waals surface area contributed by atoms with Gasteiger partial charge in [-0.1, -0.05) is 20.8 Å². The number of aromatic nitrogens is 2. The van der Waals surface area contributed by atoms with Gasteiger partial charge in [-0.3, -0.25) is 0 Å². The standard InChI is InChI=1S/C18H23ClN2O2/c1-11-7-13(10-18(2,3)9-11)21-15-6-5-12(16(22)23-4)8-14(15)20-17(21)19/h5-6,8,11,13H,7,9-10H2,1-4H3. The normalized spacial score (nSPS) is 23.9. The van der Waals surface area contributed by atoms with Gasteiger partial charge < -0.3 is 9.30 Å². The minimum Gasteiger partial charge on any atom is -0.465 e. The van der Waals surface area contributed by atoms with Crippen LogP contribution in [-0.4, -0.2) is 22.6 Å². The molecule has 0 amide bonds. The number of ether oxygens (including phenoxy) is 1. The summed E-state index contributed by atoms with van der Waals surface area (Å²) < 4.78 is 6.91. The fourth-order valence-corrected chi connectivity index (χ4v) is 4.47. The van der Waals surface area contributed by atoms with E-state index in [0.29, 0.717) is 28.2 Å². The van der Waals surface area contributed by atoms with E-state index >= 15 is 0 Å². The molecule has 1 aromatic heterocycles. The Balaban J connectivity index is 2.04. The number of halogens is 1. The van der Waals surface area contributed by atoms with Crippen LogP contribution in [0, 0.1) is 11.3 Å². The van der Waals surface area contributed by atoms with E-state index in [1.165, 1.54) is 13.5 Å². The maximum absolute atomic E-state index is 11.7. The van der Waals surface area contributed by atoms with Crippen molar-refractivity contribution >= 4 is 28.6 Å². The molecule has 0 saturated heterocycles. The van der Waals surface area contributed by atoms with E-state index < -0.39 is 0 Å². The smallest absolute Gasteiger partial charge is 0.337 e. The highest BCUT2D eigenvalue weighted by molar-refractivity contribution is 6.29. The maximum atomic E-state index is 11.7. The van der Waals surface area contributed by atoms with Gasteiger partial charge in [0, 0.05) is 6.04 Å². The second-order valence-corrected chi connectivity index (χ2v) is 7.85. The molecule has 124 valence electrons. The van der Waals surface area contributed by atoms with Crippen molar-refractivity contribution in [3.8, 4) is 0 Å². The zero-order valence-electron chi connectivity index (χ0n) is 14.1. The van der Waals surface area contributed by atoms with Crippen molar-refractivity contribution < 1.29 is 9.53 Å². The van der Waals surface area contributed by atoms with E-state index in [2.05, 4.69) is 30.3 Å². The minimum absolute atomic E-state index is 0.300. The molecule has 0 aliphatic heterocycles. The molecular formula is C18H23ClN2O2. The second-order valence-electron chi connectivity index (χ2n) is 7.51. The Morgan fingerprint density at radius 2 is 2.13 bits per heavy atom. The molecule has 2 unspecified atom stereocenters. The highest BCUT2D eigenvalue weighted by Gasteiger charge is 2.34. The Kier molecular flexibility index (Phi) is 4.13. The Morgan fingerprint density at radius 1 is 1.39 bits per heavy atom. The van der Waals surface area contributed by atoms with Crippen LogP contribution < -0.4 is 0 Å². The summed E-state index contributed by atoms with van der Waals surface area (Å²) >= 11 is 6.44. The van der Waals surface area contributed by atoms with Gasteiger partial charge in [-0.25, -0.2) is 9.78 Å². The Labute approximate surface area is 141 Å². The SMILES string of the molecule is COC(=O)c1ccc2c(c1)nc(Cl)n2C1CC(C)CC(C)(C)C1. The third-order valence-electron chi connectivity index (χ3n) is 4.80. The van der Waals surface area contributed by atoms with Crippen molar-refractivity contribution in [2.24, 2.45) is 11.3 Å². The first-order valence-electron chi connectivity index (χ1n) is 8.06. The van der Waals surface area contributed by atoms with Crippen molar-refractivity contribution in [1.29, 1.82) is 0 Å². The topological polar surface area (TPSA) is 44.1 Å². The maximum Gasteiger partial charge on any atom is 0.337 e. The third-order valence-corrected chi connectivity index (χ3v) is 5.06. The van der Waals surface area contributed by atoms with Gasteiger partial charge in [-0.15, -0.1) is 0 Å². The zero-order chi connectivity index (χ0) is 16.8. The first-order chi connectivity index (χ1) is 10.8. The summed E-state index contributed by atoms with van der Waals surface area (Å²) in [6, 6.07) is 5.79. The van der Waals surface area contributed by atoms with Crippen LogP contribution in [0.5, 0.6) is 0 Å². The molecule has 5 heteroatoms. The van der Waals surface area contributed by atoms with Gasteiger partial charge in [-0.2, -0.15) is 0 Å². The van der Waals surface area contributed by atoms with E-state index in [1.54, 1.807) is 12.1 Å². The number of rotatable bonds is 2. The van der Waals surface area contributed by atoms with Crippen LogP contribution in [0.1, 0.15) is 56.4 Å². The number of fused-ring (bicyclic) bond motifs is 1. The summed E-state index contributed by atoms with van der Waals surface area (Å²) in [6.45, 7) is 6.94. The Bertz CT molecular complexity index is 751. The molecule has 0 radical (unpaired) electrons. The summed E-state index contributed by atoms with van der Waals surface area (Å²) in [6.07, 6.45) is 3.43. The average molecular weight is 335 g/mol. The number of carbonyl (C=O) groups excluding carboxylic acids is 1. The Morgan fingerprint density at radius 3 is 2.78 bits per heavy atom. The van der Waals surface area contributed by atoms with Crippen LogP contribution in [0.3, 0.4) is 0 Å².